The summed E-state index contributed by atoms with van der Waals surface area (Å²) >= 11 is 1.62. The van der Waals surface area contributed by atoms with E-state index in [4.69, 9.17) is 4.98 Å². The fourth-order valence-corrected chi connectivity index (χ4v) is 4.92. The Morgan fingerprint density at radius 1 is 1.38 bits per heavy atom. The molecule has 4 rings (SSSR count). The van der Waals surface area contributed by atoms with Gasteiger partial charge >= 0.3 is 5.97 Å². The molecule has 0 spiro atoms. The number of aromatic carboxylic acids is 1. The number of fused-ring (bicyclic) bond motifs is 1. The van der Waals surface area contributed by atoms with Gasteiger partial charge in [0.2, 0.25) is 0 Å². The number of aryl methyl sites for hydroxylation is 1. The minimum atomic E-state index is -0.889. The second kappa shape index (κ2) is 6.76. The number of aromatic nitrogens is 2. The number of rotatable bonds is 5. The molecule has 2 aromatic heterocycles. The summed E-state index contributed by atoms with van der Waals surface area (Å²) in [6.45, 7) is 2.91. The van der Waals surface area contributed by atoms with Crippen molar-refractivity contribution in [1.29, 1.82) is 0 Å². The molecule has 5 nitrogen and oxygen atoms in total. The molecule has 1 fully saturated rings. The predicted octanol–water partition coefficient (Wildman–Crippen LogP) is 5.09. The average molecular weight is 369 g/mol. The van der Waals surface area contributed by atoms with E-state index in [0.717, 1.165) is 34.0 Å². The zero-order chi connectivity index (χ0) is 18.3. The molecule has 2 N–H and O–H groups in total. The molecule has 1 aromatic carbocycles. The van der Waals surface area contributed by atoms with Crippen molar-refractivity contribution in [2.45, 2.75) is 38.5 Å². The summed E-state index contributed by atoms with van der Waals surface area (Å²) in [7, 11) is 2.02. The molecule has 1 aliphatic rings. The highest BCUT2D eigenvalue weighted by Gasteiger charge is 2.27. The highest BCUT2D eigenvalue weighted by Crippen LogP contribution is 2.45. The smallest absolute Gasteiger partial charge is 0.335 e. The van der Waals surface area contributed by atoms with E-state index in [1.54, 1.807) is 23.5 Å². The Kier molecular flexibility index (Phi) is 4.44. The van der Waals surface area contributed by atoms with Gasteiger partial charge in [0.05, 0.1) is 11.3 Å². The maximum absolute atomic E-state index is 11.4. The van der Waals surface area contributed by atoms with Gasteiger partial charge < -0.3 is 15.0 Å². The van der Waals surface area contributed by atoms with Crippen LogP contribution in [0.5, 0.6) is 0 Å². The molecule has 0 atom stereocenters. The quantitative estimate of drug-likeness (QED) is 0.657. The molecular formula is C20H23N3O2S. The van der Waals surface area contributed by atoms with E-state index in [2.05, 4.69) is 22.2 Å². The van der Waals surface area contributed by atoms with Gasteiger partial charge in [0.1, 0.15) is 5.69 Å². The lowest BCUT2D eigenvalue weighted by Crippen LogP contribution is -1.99. The van der Waals surface area contributed by atoms with E-state index >= 15 is 0 Å². The molecule has 0 saturated heterocycles. The van der Waals surface area contributed by atoms with E-state index in [1.807, 2.05) is 13.1 Å². The maximum atomic E-state index is 11.4. The number of nitrogens with one attached hydrogen (secondary N) is 1. The molecular weight excluding hydrogens is 346 g/mol. The van der Waals surface area contributed by atoms with Crippen LogP contribution in [0.1, 0.15) is 54.4 Å². The Labute approximate surface area is 156 Å². The molecule has 26 heavy (non-hydrogen) atoms. The lowest BCUT2D eigenvalue weighted by Gasteiger charge is -2.12. The van der Waals surface area contributed by atoms with Gasteiger partial charge in [0, 0.05) is 29.9 Å². The fraction of sp³-hybridized carbons (Fsp3) is 0.400. The van der Waals surface area contributed by atoms with E-state index in [0.29, 0.717) is 11.5 Å². The summed E-state index contributed by atoms with van der Waals surface area (Å²) < 4.78 is 2.13. The third kappa shape index (κ3) is 2.78. The molecule has 3 aromatic rings. The highest BCUT2D eigenvalue weighted by molar-refractivity contribution is 7.14. The van der Waals surface area contributed by atoms with Crippen LogP contribution in [0.4, 0.5) is 5.13 Å². The van der Waals surface area contributed by atoms with Gasteiger partial charge in [0.25, 0.3) is 0 Å². The molecule has 0 aliphatic heterocycles. The monoisotopic (exact) mass is 369 g/mol. The number of nitrogens with zero attached hydrogens (tertiary/aromatic N) is 2. The minimum Gasteiger partial charge on any atom is -0.478 e. The molecule has 1 saturated carbocycles. The second-order valence-electron chi connectivity index (χ2n) is 6.91. The molecule has 1 aliphatic carbocycles. The summed E-state index contributed by atoms with van der Waals surface area (Å²) in [5.74, 6) is -0.367. The van der Waals surface area contributed by atoms with Gasteiger partial charge in [-0.05, 0) is 43.4 Å². The van der Waals surface area contributed by atoms with Crippen molar-refractivity contribution >= 4 is 33.3 Å². The van der Waals surface area contributed by atoms with Crippen LogP contribution in [-0.4, -0.2) is 27.2 Å². The van der Waals surface area contributed by atoms with Crippen LogP contribution in [0.15, 0.2) is 23.6 Å². The zero-order valence-corrected chi connectivity index (χ0v) is 15.9. The molecule has 0 bridgehead atoms. The minimum absolute atomic E-state index is 0.328. The average Bonchev–Trinajstić information content (AvgIpc) is 3.34. The Balaban J connectivity index is 1.95. The largest absolute Gasteiger partial charge is 0.478 e. The summed E-state index contributed by atoms with van der Waals surface area (Å²) in [6, 6.07) is 5.49. The number of anilines is 1. The van der Waals surface area contributed by atoms with Crippen LogP contribution >= 0.6 is 11.3 Å². The number of hydrogen-bond donors (Lipinski definition) is 2. The molecule has 136 valence electrons. The molecule has 0 radical (unpaired) electrons. The van der Waals surface area contributed by atoms with Crippen molar-refractivity contribution < 1.29 is 9.90 Å². The first kappa shape index (κ1) is 17.1. The molecule has 0 unspecified atom stereocenters. The van der Waals surface area contributed by atoms with Crippen LogP contribution in [0.25, 0.3) is 22.3 Å². The van der Waals surface area contributed by atoms with Gasteiger partial charge in [-0.3, -0.25) is 0 Å². The fourth-order valence-electron chi connectivity index (χ4n) is 4.15. The van der Waals surface area contributed by atoms with Crippen molar-refractivity contribution in [2.24, 2.45) is 7.05 Å². The Morgan fingerprint density at radius 3 is 2.85 bits per heavy atom. The first-order valence-electron chi connectivity index (χ1n) is 9.15. The summed E-state index contributed by atoms with van der Waals surface area (Å²) in [5.41, 5.74) is 4.75. The Hall–Kier alpha value is -2.34. The van der Waals surface area contributed by atoms with Crippen molar-refractivity contribution in [3.63, 3.8) is 0 Å². The molecule has 2 heterocycles. The van der Waals surface area contributed by atoms with Crippen molar-refractivity contribution in [3.8, 4) is 11.4 Å². The zero-order valence-electron chi connectivity index (χ0n) is 15.1. The molecule has 6 heteroatoms. The SMILES string of the molecule is CCNc1nc(-c2c(C3CCCC3)c3ccc(C(=O)O)cc3n2C)cs1. The maximum Gasteiger partial charge on any atom is 0.335 e. The summed E-state index contributed by atoms with van der Waals surface area (Å²) in [5, 5.41) is 16.8. The van der Waals surface area contributed by atoms with Crippen LogP contribution in [0.3, 0.4) is 0 Å². The summed E-state index contributed by atoms with van der Waals surface area (Å²) in [6.07, 6.45) is 4.90. The summed E-state index contributed by atoms with van der Waals surface area (Å²) in [4.78, 5) is 16.2. The van der Waals surface area contributed by atoms with Gasteiger partial charge in [-0.1, -0.05) is 18.9 Å². The third-order valence-electron chi connectivity index (χ3n) is 5.32. The number of thiazole rings is 1. The first-order valence-corrected chi connectivity index (χ1v) is 10.0. The van der Waals surface area contributed by atoms with Crippen molar-refractivity contribution in [3.05, 3.63) is 34.7 Å². The lowest BCUT2D eigenvalue weighted by atomic mass is 9.93. The van der Waals surface area contributed by atoms with Crippen LogP contribution in [0, 0.1) is 0 Å². The van der Waals surface area contributed by atoms with Crippen LogP contribution in [0.2, 0.25) is 0 Å². The predicted molar refractivity (Wildman–Crippen MR) is 106 cm³/mol. The Bertz CT molecular complexity index is 967. The first-order chi connectivity index (χ1) is 12.6. The number of carboxylic acids is 1. The third-order valence-corrected chi connectivity index (χ3v) is 6.12. The van der Waals surface area contributed by atoms with E-state index in [9.17, 15) is 9.90 Å². The van der Waals surface area contributed by atoms with Crippen molar-refractivity contribution in [1.82, 2.24) is 9.55 Å². The van der Waals surface area contributed by atoms with Gasteiger partial charge in [-0.15, -0.1) is 11.3 Å². The van der Waals surface area contributed by atoms with Crippen LogP contribution in [-0.2, 0) is 7.05 Å². The van der Waals surface area contributed by atoms with Crippen molar-refractivity contribution in [2.75, 3.05) is 11.9 Å². The van der Waals surface area contributed by atoms with E-state index in [-0.39, 0.29) is 0 Å². The van der Waals surface area contributed by atoms with Gasteiger partial charge in [-0.25, -0.2) is 9.78 Å². The number of hydrogen-bond acceptors (Lipinski definition) is 4. The topological polar surface area (TPSA) is 67.2 Å². The number of carboxylic acid groups (broad SMARTS) is 1. The van der Waals surface area contributed by atoms with Crippen LogP contribution < -0.4 is 5.32 Å². The second-order valence-corrected chi connectivity index (χ2v) is 7.77. The number of benzene rings is 1. The Morgan fingerprint density at radius 2 is 2.15 bits per heavy atom. The number of carbonyl (C=O) groups is 1. The normalized spacial score (nSPS) is 15.0. The lowest BCUT2D eigenvalue weighted by molar-refractivity contribution is 0.0697. The van der Waals surface area contributed by atoms with Gasteiger partial charge in [-0.2, -0.15) is 0 Å². The highest BCUT2D eigenvalue weighted by atomic mass is 32.1. The molecule has 0 amide bonds. The standard InChI is InChI=1S/C20H23N3O2S/c1-3-21-20-22-15(11-26-20)18-17(12-6-4-5-7-12)14-9-8-13(19(24)25)10-16(14)23(18)2/h8-12H,3-7H2,1-2H3,(H,21,22)(H,24,25). The van der Waals surface area contributed by atoms with E-state index < -0.39 is 5.97 Å². The van der Waals surface area contributed by atoms with E-state index in [1.165, 1.54) is 31.2 Å². The van der Waals surface area contributed by atoms with Gasteiger partial charge in [0.15, 0.2) is 5.13 Å².